The zero-order valence-electron chi connectivity index (χ0n) is 9.93. The first kappa shape index (κ1) is 13.9. The largest absolute Gasteiger partial charge is 0.391 e. The van der Waals surface area contributed by atoms with Gasteiger partial charge in [-0.25, -0.2) is 8.78 Å². The molecule has 2 nitrogen and oxygen atoms in total. The van der Waals surface area contributed by atoms with Crippen molar-refractivity contribution in [2.45, 2.75) is 37.8 Å². The predicted molar refractivity (Wildman–Crippen MR) is 69.4 cm³/mol. The van der Waals surface area contributed by atoms with Gasteiger partial charge in [0.05, 0.1) is 10.6 Å². The number of rotatable bonds is 3. The summed E-state index contributed by atoms with van der Waals surface area (Å²) in [7, 11) is 0. The Morgan fingerprint density at radius 2 is 2.17 bits per heavy atom. The molecule has 1 aliphatic rings. The van der Waals surface area contributed by atoms with E-state index in [0.717, 1.165) is 25.8 Å². The molecule has 1 fully saturated rings. The lowest BCUT2D eigenvalue weighted by molar-refractivity contribution is 0.111. The molecule has 5 heteroatoms. The van der Waals surface area contributed by atoms with Crippen molar-refractivity contribution < 1.29 is 13.9 Å². The Labute approximate surface area is 114 Å². The molecule has 2 N–H and O–H groups in total. The van der Waals surface area contributed by atoms with Crippen LogP contribution < -0.4 is 5.32 Å². The minimum Gasteiger partial charge on any atom is -0.391 e. The van der Waals surface area contributed by atoms with Gasteiger partial charge in [-0.15, -0.1) is 0 Å². The first-order chi connectivity index (χ1) is 8.59. The van der Waals surface area contributed by atoms with Gasteiger partial charge in [0, 0.05) is 18.0 Å². The first-order valence-corrected chi connectivity index (χ1v) is 6.92. The second-order valence-corrected chi connectivity index (χ2v) is 5.50. The van der Waals surface area contributed by atoms with Crippen LogP contribution in [0.25, 0.3) is 0 Å². The Morgan fingerprint density at radius 3 is 2.83 bits per heavy atom. The van der Waals surface area contributed by atoms with Crippen LogP contribution in [0.3, 0.4) is 0 Å². The molecule has 1 saturated heterocycles. The Hall–Kier alpha value is -0.520. The average Bonchev–Trinajstić information content (AvgIpc) is 2.40. The van der Waals surface area contributed by atoms with Crippen molar-refractivity contribution in [1.82, 2.24) is 5.32 Å². The van der Waals surface area contributed by atoms with Crippen LogP contribution >= 0.6 is 15.9 Å². The molecule has 2 atom stereocenters. The summed E-state index contributed by atoms with van der Waals surface area (Å²) in [4.78, 5) is 0. The highest BCUT2D eigenvalue weighted by atomic mass is 79.9. The molecule has 0 bridgehead atoms. The molecule has 1 aliphatic heterocycles. The highest BCUT2D eigenvalue weighted by Crippen LogP contribution is 2.24. The summed E-state index contributed by atoms with van der Waals surface area (Å²) < 4.78 is 27.6. The standard InChI is InChI=1S/C13H16BrF2NO/c14-9-4-5-10(15)8(13(9)16)7-12(18)11-3-1-2-6-17-11/h4-5,11-12,17-18H,1-3,6-7H2. The molecule has 1 heterocycles. The highest BCUT2D eigenvalue weighted by Gasteiger charge is 2.24. The maximum atomic E-state index is 13.8. The van der Waals surface area contributed by atoms with Gasteiger partial charge in [-0.05, 0) is 47.4 Å². The monoisotopic (exact) mass is 319 g/mol. The molecule has 2 rings (SSSR count). The van der Waals surface area contributed by atoms with Crippen molar-refractivity contribution in [3.05, 3.63) is 33.8 Å². The minimum atomic E-state index is -0.761. The Balaban J connectivity index is 2.10. The fourth-order valence-electron chi connectivity index (χ4n) is 2.31. The number of benzene rings is 1. The zero-order chi connectivity index (χ0) is 13.1. The molecule has 0 saturated carbocycles. The summed E-state index contributed by atoms with van der Waals surface area (Å²) in [5.74, 6) is -1.23. The number of halogens is 3. The van der Waals surface area contributed by atoms with Crippen LogP contribution in [0.4, 0.5) is 8.78 Å². The SMILES string of the molecule is OC(Cc1c(F)ccc(Br)c1F)C1CCCCN1. The van der Waals surface area contributed by atoms with Crippen molar-refractivity contribution in [2.75, 3.05) is 6.54 Å². The predicted octanol–water partition coefficient (Wildman–Crippen LogP) is 2.77. The average molecular weight is 320 g/mol. The molecule has 1 aromatic carbocycles. The molecule has 18 heavy (non-hydrogen) atoms. The molecule has 0 spiro atoms. The molecular weight excluding hydrogens is 304 g/mol. The zero-order valence-corrected chi connectivity index (χ0v) is 11.5. The maximum absolute atomic E-state index is 13.8. The number of nitrogens with one attached hydrogen (secondary N) is 1. The second kappa shape index (κ2) is 6.08. The van der Waals surface area contributed by atoms with Crippen LogP contribution in [0.1, 0.15) is 24.8 Å². The lowest BCUT2D eigenvalue weighted by atomic mass is 9.95. The van der Waals surface area contributed by atoms with Crippen LogP contribution in [0.5, 0.6) is 0 Å². The lowest BCUT2D eigenvalue weighted by Gasteiger charge is -2.28. The van der Waals surface area contributed by atoms with E-state index in [9.17, 15) is 13.9 Å². The van der Waals surface area contributed by atoms with Crippen LogP contribution in [-0.2, 0) is 6.42 Å². The van der Waals surface area contributed by atoms with Crippen molar-refractivity contribution in [1.29, 1.82) is 0 Å². The van der Waals surface area contributed by atoms with E-state index >= 15 is 0 Å². The topological polar surface area (TPSA) is 32.3 Å². The van der Waals surface area contributed by atoms with Gasteiger partial charge in [0.1, 0.15) is 11.6 Å². The summed E-state index contributed by atoms with van der Waals surface area (Å²) in [6.07, 6.45) is 2.21. The number of hydrogen-bond donors (Lipinski definition) is 2. The molecule has 100 valence electrons. The molecule has 0 amide bonds. The lowest BCUT2D eigenvalue weighted by Crippen LogP contribution is -2.44. The summed E-state index contributed by atoms with van der Waals surface area (Å²) >= 11 is 3.03. The Kier molecular flexibility index (Phi) is 4.70. The fourth-order valence-corrected chi connectivity index (χ4v) is 2.69. The third-order valence-electron chi connectivity index (χ3n) is 3.37. The normalized spacial score (nSPS) is 21.9. The first-order valence-electron chi connectivity index (χ1n) is 6.13. The third-order valence-corrected chi connectivity index (χ3v) is 3.98. The van der Waals surface area contributed by atoms with E-state index in [1.807, 2.05) is 0 Å². The summed E-state index contributed by atoms with van der Waals surface area (Å²) in [5, 5.41) is 13.2. The van der Waals surface area contributed by atoms with Crippen molar-refractivity contribution in [3.8, 4) is 0 Å². The van der Waals surface area contributed by atoms with E-state index in [0.29, 0.717) is 0 Å². The summed E-state index contributed by atoms with van der Waals surface area (Å²) in [5.41, 5.74) is -0.0516. The van der Waals surface area contributed by atoms with Gasteiger partial charge >= 0.3 is 0 Å². The number of aliphatic hydroxyl groups is 1. The van der Waals surface area contributed by atoms with Gasteiger partial charge in [-0.1, -0.05) is 6.42 Å². The van der Waals surface area contributed by atoms with E-state index in [1.165, 1.54) is 12.1 Å². The van der Waals surface area contributed by atoms with Crippen molar-refractivity contribution >= 4 is 15.9 Å². The van der Waals surface area contributed by atoms with Crippen LogP contribution in [-0.4, -0.2) is 23.8 Å². The van der Waals surface area contributed by atoms with Gasteiger partial charge in [0.25, 0.3) is 0 Å². The quantitative estimate of drug-likeness (QED) is 0.840. The third kappa shape index (κ3) is 3.08. The van der Waals surface area contributed by atoms with E-state index in [2.05, 4.69) is 21.2 Å². The highest BCUT2D eigenvalue weighted by molar-refractivity contribution is 9.10. The van der Waals surface area contributed by atoms with Crippen molar-refractivity contribution in [2.24, 2.45) is 0 Å². The van der Waals surface area contributed by atoms with E-state index < -0.39 is 17.7 Å². The van der Waals surface area contributed by atoms with Gasteiger partial charge in [-0.2, -0.15) is 0 Å². The molecule has 0 radical (unpaired) electrons. The molecule has 0 aliphatic carbocycles. The molecule has 0 aromatic heterocycles. The fraction of sp³-hybridized carbons (Fsp3) is 0.538. The number of hydrogen-bond acceptors (Lipinski definition) is 2. The van der Waals surface area contributed by atoms with Crippen LogP contribution in [0, 0.1) is 11.6 Å². The molecule has 1 aromatic rings. The maximum Gasteiger partial charge on any atom is 0.143 e. The van der Waals surface area contributed by atoms with Gasteiger partial charge < -0.3 is 10.4 Å². The minimum absolute atomic E-state index is 0.00519. The second-order valence-electron chi connectivity index (χ2n) is 4.65. The number of piperidine rings is 1. The van der Waals surface area contributed by atoms with E-state index in [4.69, 9.17) is 0 Å². The van der Waals surface area contributed by atoms with Crippen LogP contribution in [0.15, 0.2) is 16.6 Å². The smallest absolute Gasteiger partial charge is 0.143 e. The molecular formula is C13H16BrF2NO. The molecule has 2 unspecified atom stereocenters. The Bertz CT molecular complexity index is 422. The summed E-state index contributed by atoms with van der Waals surface area (Å²) in [6.45, 7) is 0.852. The van der Waals surface area contributed by atoms with Gasteiger partial charge in [0.15, 0.2) is 0 Å². The van der Waals surface area contributed by atoms with E-state index in [-0.39, 0.29) is 22.5 Å². The van der Waals surface area contributed by atoms with Crippen molar-refractivity contribution in [3.63, 3.8) is 0 Å². The Morgan fingerprint density at radius 1 is 1.39 bits per heavy atom. The van der Waals surface area contributed by atoms with Crippen LogP contribution in [0.2, 0.25) is 0 Å². The van der Waals surface area contributed by atoms with Gasteiger partial charge in [0.2, 0.25) is 0 Å². The van der Waals surface area contributed by atoms with E-state index in [1.54, 1.807) is 0 Å². The number of aliphatic hydroxyl groups excluding tert-OH is 1. The van der Waals surface area contributed by atoms with Gasteiger partial charge in [-0.3, -0.25) is 0 Å². The summed E-state index contributed by atoms with van der Waals surface area (Å²) in [6, 6.07) is 2.47.